The molecular formula is C14H20F2N2O. The Hall–Kier alpha value is -1.04. The van der Waals surface area contributed by atoms with Gasteiger partial charge in [-0.3, -0.25) is 4.90 Å². The van der Waals surface area contributed by atoms with Gasteiger partial charge in [0.1, 0.15) is 0 Å². The molecule has 1 fully saturated rings. The molecule has 1 heterocycles. The molecule has 0 spiro atoms. The SMILES string of the molecule is CC1CN(C(CN)c2cccc(F)c2F)C(C)CO1. The molecule has 0 aromatic heterocycles. The molecule has 0 radical (unpaired) electrons. The van der Waals surface area contributed by atoms with Crippen molar-refractivity contribution in [3.63, 3.8) is 0 Å². The lowest BCUT2D eigenvalue weighted by Gasteiger charge is -2.41. The zero-order valence-corrected chi connectivity index (χ0v) is 11.3. The summed E-state index contributed by atoms with van der Waals surface area (Å²) in [5.41, 5.74) is 6.11. The number of ether oxygens (including phenoxy) is 1. The van der Waals surface area contributed by atoms with Crippen molar-refractivity contribution in [1.82, 2.24) is 4.90 Å². The molecule has 3 nitrogen and oxygen atoms in total. The van der Waals surface area contributed by atoms with E-state index < -0.39 is 11.6 Å². The predicted molar refractivity (Wildman–Crippen MR) is 69.7 cm³/mol. The van der Waals surface area contributed by atoms with Gasteiger partial charge in [0, 0.05) is 24.7 Å². The van der Waals surface area contributed by atoms with E-state index in [0.717, 1.165) is 6.07 Å². The molecule has 19 heavy (non-hydrogen) atoms. The van der Waals surface area contributed by atoms with E-state index in [0.29, 0.717) is 18.7 Å². The molecule has 2 N–H and O–H groups in total. The summed E-state index contributed by atoms with van der Waals surface area (Å²) in [4.78, 5) is 2.09. The summed E-state index contributed by atoms with van der Waals surface area (Å²) in [6.45, 7) is 5.46. The van der Waals surface area contributed by atoms with Gasteiger partial charge < -0.3 is 10.5 Å². The van der Waals surface area contributed by atoms with Crippen LogP contribution in [0.5, 0.6) is 0 Å². The van der Waals surface area contributed by atoms with E-state index in [2.05, 4.69) is 4.90 Å². The highest BCUT2D eigenvalue weighted by molar-refractivity contribution is 5.23. The van der Waals surface area contributed by atoms with E-state index >= 15 is 0 Å². The van der Waals surface area contributed by atoms with Crippen LogP contribution in [0.15, 0.2) is 18.2 Å². The fraction of sp³-hybridized carbons (Fsp3) is 0.571. The maximum Gasteiger partial charge on any atom is 0.163 e. The summed E-state index contributed by atoms with van der Waals surface area (Å²) >= 11 is 0. The number of hydrogen-bond acceptors (Lipinski definition) is 3. The zero-order chi connectivity index (χ0) is 14.0. The van der Waals surface area contributed by atoms with Crippen LogP contribution < -0.4 is 5.73 Å². The number of hydrogen-bond donors (Lipinski definition) is 1. The largest absolute Gasteiger partial charge is 0.376 e. The minimum absolute atomic E-state index is 0.0712. The highest BCUT2D eigenvalue weighted by Crippen LogP contribution is 2.28. The number of halogens is 2. The number of rotatable bonds is 3. The topological polar surface area (TPSA) is 38.5 Å². The summed E-state index contributed by atoms with van der Waals surface area (Å²) in [6, 6.07) is 4.05. The summed E-state index contributed by atoms with van der Waals surface area (Å²) < 4.78 is 32.8. The van der Waals surface area contributed by atoms with Gasteiger partial charge >= 0.3 is 0 Å². The number of nitrogens with two attached hydrogens (primary N) is 1. The molecule has 3 atom stereocenters. The van der Waals surface area contributed by atoms with E-state index in [9.17, 15) is 8.78 Å². The quantitative estimate of drug-likeness (QED) is 0.914. The lowest BCUT2D eigenvalue weighted by molar-refractivity contribution is -0.0658. The van der Waals surface area contributed by atoms with Crippen LogP contribution in [-0.2, 0) is 4.74 Å². The Morgan fingerprint density at radius 2 is 2.16 bits per heavy atom. The first-order valence-corrected chi connectivity index (χ1v) is 6.56. The summed E-state index contributed by atoms with van der Waals surface area (Å²) in [5.74, 6) is -1.63. The average molecular weight is 270 g/mol. The Balaban J connectivity index is 2.30. The van der Waals surface area contributed by atoms with E-state index in [1.54, 1.807) is 6.07 Å². The normalized spacial score (nSPS) is 26.4. The van der Waals surface area contributed by atoms with Crippen LogP contribution in [0.3, 0.4) is 0 Å². The Bertz CT molecular complexity index is 441. The average Bonchev–Trinajstić information content (AvgIpc) is 2.39. The second-order valence-electron chi connectivity index (χ2n) is 5.08. The maximum atomic E-state index is 13.9. The lowest BCUT2D eigenvalue weighted by Crippen LogP contribution is -2.50. The second kappa shape index (κ2) is 5.94. The van der Waals surface area contributed by atoms with Crippen LogP contribution in [0.1, 0.15) is 25.5 Å². The molecule has 3 unspecified atom stereocenters. The Labute approximate surface area is 112 Å². The van der Waals surface area contributed by atoms with Crippen LogP contribution in [0, 0.1) is 11.6 Å². The first kappa shape index (κ1) is 14.4. The van der Waals surface area contributed by atoms with E-state index in [1.807, 2.05) is 13.8 Å². The number of benzene rings is 1. The van der Waals surface area contributed by atoms with Crippen molar-refractivity contribution in [3.05, 3.63) is 35.4 Å². The Morgan fingerprint density at radius 1 is 1.42 bits per heavy atom. The van der Waals surface area contributed by atoms with Gasteiger partial charge in [-0.15, -0.1) is 0 Å². The third-order valence-electron chi connectivity index (χ3n) is 3.62. The van der Waals surface area contributed by atoms with Gasteiger partial charge in [-0.05, 0) is 19.9 Å². The fourth-order valence-corrected chi connectivity index (χ4v) is 2.58. The maximum absolute atomic E-state index is 13.9. The summed E-state index contributed by atoms with van der Waals surface area (Å²) in [7, 11) is 0. The third-order valence-corrected chi connectivity index (χ3v) is 3.62. The number of nitrogens with zero attached hydrogens (tertiary/aromatic N) is 1. The molecule has 1 aliphatic rings. The first-order valence-electron chi connectivity index (χ1n) is 6.56. The molecule has 1 saturated heterocycles. The monoisotopic (exact) mass is 270 g/mol. The molecule has 0 amide bonds. The van der Waals surface area contributed by atoms with Gasteiger partial charge in [0.05, 0.1) is 18.8 Å². The Morgan fingerprint density at radius 3 is 2.84 bits per heavy atom. The van der Waals surface area contributed by atoms with Crippen molar-refractivity contribution in [1.29, 1.82) is 0 Å². The van der Waals surface area contributed by atoms with Crippen molar-refractivity contribution in [2.45, 2.75) is 32.0 Å². The van der Waals surface area contributed by atoms with Gasteiger partial charge in [0.2, 0.25) is 0 Å². The highest BCUT2D eigenvalue weighted by atomic mass is 19.2. The molecule has 1 aromatic rings. The van der Waals surface area contributed by atoms with Crippen molar-refractivity contribution < 1.29 is 13.5 Å². The molecule has 106 valence electrons. The molecule has 1 aliphatic heterocycles. The summed E-state index contributed by atoms with van der Waals surface area (Å²) in [5, 5.41) is 0. The number of morpholine rings is 1. The molecule has 0 saturated carbocycles. The molecule has 0 aliphatic carbocycles. The van der Waals surface area contributed by atoms with Gasteiger partial charge in [0.15, 0.2) is 11.6 Å². The first-order chi connectivity index (χ1) is 9.04. The Kier molecular flexibility index (Phi) is 4.50. The minimum atomic E-state index is -0.829. The van der Waals surface area contributed by atoms with Crippen LogP contribution in [0.2, 0.25) is 0 Å². The predicted octanol–water partition coefficient (Wildman–Crippen LogP) is 2.07. The smallest absolute Gasteiger partial charge is 0.163 e. The molecule has 5 heteroatoms. The van der Waals surface area contributed by atoms with Gasteiger partial charge in [-0.25, -0.2) is 8.78 Å². The fourth-order valence-electron chi connectivity index (χ4n) is 2.58. The van der Waals surface area contributed by atoms with E-state index in [1.165, 1.54) is 6.07 Å². The molecule has 0 bridgehead atoms. The van der Waals surface area contributed by atoms with Crippen LogP contribution in [0.4, 0.5) is 8.78 Å². The summed E-state index contributed by atoms with van der Waals surface area (Å²) in [6.07, 6.45) is 0.0712. The molecule has 2 rings (SSSR count). The van der Waals surface area contributed by atoms with Crippen molar-refractivity contribution >= 4 is 0 Å². The van der Waals surface area contributed by atoms with Crippen molar-refractivity contribution in [2.75, 3.05) is 19.7 Å². The second-order valence-corrected chi connectivity index (χ2v) is 5.08. The minimum Gasteiger partial charge on any atom is -0.376 e. The van der Waals surface area contributed by atoms with Gasteiger partial charge in [0.25, 0.3) is 0 Å². The lowest BCUT2D eigenvalue weighted by atomic mass is 10.0. The standard InChI is InChI=1S/C14H20F2N2O/c1-9-8-19-10(2)7-18(9)13(6-17)11-4-3-5-12(15)14(11)16/h3-5,9-10,13H,6-8,17H2,1-2H3. The van der Waals surface area contributed by atoms with E-state index in [-0.39, 0.29) is 24.7 Å². The zero-order valence-electron chi connectivity index (χ0n) is 11.3. The van der Waals surface area contributed by atoms with Gasteiger partial charge in [-0.2, -0.15) is 0 Å². The highest BCUT2D eigenvalue weighted by Gasteiger charge is 2.31. The van der Waals surface area contributed by atoms with Crippen LogP contribution >= 0.6 is 0 Å². The molecule has 1 aromatic carbocycles. The van der Waals surface area contributed by atoms with E-state index in [4.69, 9.17) is 10.5 Å². The van der Waals surface area contributed by atoms with Crippen molar-refractivity contribution in [2.24, 2.45) is 5.73 Å². The van der Waals surface area contributed by atoms with Crippen LogP contribution in [-0.4, -0.2) is 36.7 Å². The van der Waals surface area contributed by atoms with Crippen molar-refractivity contribution in [3.8, 4) is 0 Å². The third kappa shape index (κ3) is 2.94. The van der Waals surface area contributed by atoms with Crippen LogP contribution in [0.25, 0.3) is 0 Å². The molecular weight excluding hydrogens is 250 g/mol. The van der Waals surface area contributed by atoms with Gasteiger partial charge in [-0.1, -0.05) is 12.1 Å².